The van der Waals surface area contributed by atoms with Gasteiger partial charge < -0.3 is 14.6 Å². The first-order valence-electron chi connectivity index (χ1n) is 7.56. The minimum atomic E-state index is -0.461. The Balaban J connectivity index is 2.00. The van der Waals surface area contributed by atoms with Crippen LogP contribution in [0.25, 0.3) is 0 Å². The molecule has 1 aromatic heterocycles. The van der Waals surface area contributed by atoms with Crippen molar-refractivity contribution in [3.8, 4) is 0 Å². The molecule has 3 unspecified atom stereocenters. The summed E-state index contributed by atoms with van der Waals surface area (Å²) in [7, 11) is 1.34. The van der Waals surface area contributed by atoms with Crippen LogP contribution in [0.15, 0.2) is 12.3 Å². The van der Waals surface area contributed by atoms with Gasteiger partial charge in [0, 0.05) is 37.8 Å². The van der Waals surface area contributed by atoms with Crippen LogP contribution in [0.4, 0.5) is 0 Å². The minimum Gasteiger partial charge on any atom is -0.469 e. The first kappa shape index (κ1) is 14.8. The lowest BCUT2D eigenvalue weighted by atomic mass is 9.79. The molecule has 0 radical (unpaired) electrons. The Bertz CT molecular complexity index is 634. The number of ketones is 1. The third kappa shape index (κ3) is 2.42. The molecule has 0 saturated heterocycles. The van der Waals surface area contributed by atoms with Crippen LogP contribution in [0.2, 0.25) is 0 Å². The normalized spacial score (nSPS) is 26.8. The molecule has 0 spiro atoms. The Labute approximate surface area is 128 Å². The molecule has 6 nitrogen and oxygen atoms in total. The summed E-state index contributed by atoms with van der Waals surface area (Å²) >= 11 is 0. The van der Waals surface area contributed by atoms with Crippen LogP contribution in [-0.4, -0.2) is 35.4 Å². The minimum absolute atomic E-state index is 0.00699. The van der Waals surface area contributed by atoms with Crippen molar-refractivity contribution in [2.24, 2.45) is 5.92 Å². The van der Waals surface area contributed by atoms with Gasteiger partial charge in [0.2, 0.25) is 5.91 Å². The lowest BCUT2D eigenvalue weighted by Crippen LogP contribution is -2.44. The van der Waals surface area contributed by atoms with E-state index >= 15 is 0 Å². The SMILES string of the molecule is COC(=O)C1CC(=O)C2c3c(ccn3C1)CCC2NC(C)=O. The van der Waals surface area contributed by atoms with Crippen LogP contribution in [0.3, 0.4) is 0 Å². The fourth-order valence-corrected chi connectivity index (χ4v) is 3.74. The monoisotopic (exact) mass is 304 g/mol. The number of aromatic nitrogens is 1. The summed E-state index contributed by atoms with van der Waals surface area (Å²) in [4.78, 5) is 36.1. The first-order valence-corrected chi connectivity index (χ1v) is 7.56. The molecule has 0 aromatic carbocycles. The van der Waals surface area contributed by atoms with Crippen molar-refractivity contribution in [3.63, 3.8) is 0 Å². The van der Waals surface area contributed by atoms with Crippen molar-refractivity contribution >= 4 is 17.7 Å². The number of hydrogen-bond acceptors (Lipinski definition) is 4. The molecule has 2 heterocycles. The first-order chi connectivity index (χ1) is 10.5. The highest BCUT2D eigenvalue weighted by molar-refractivity contribution is 5.91. The third-order valence-corrected chi connectivity index (χ3v) is 4.65. The second-order valence-corrected chi connectivity index (χ2v) is 6.09. The van der Waals surface area contributed by atoms with E-state index in [4.69, 9.17) is 4.74 Å². The highest BCUT2D eigenvalue weighted by Gasteiger charge is 2.41. The van der Waals surface area contributed by atoms with Crippen molar-refractivity contribution in [1.29, 1.82) is 0 Å². The van der Waals surface area contributed by atoms with Gasteiger partial charge in [-0.2, -0.15) is 0 Å². The maximum atomic E-state index is 12.7. The van der Waals surface area contributed by atoms with E-state index < -0.39 is 5.92 Å². The fourth-order valence-electron chi connectivity index (χ4n) is 3.74. The van der Waals surface area contributed by atoms with E-state index in [1.165, 1.54) is 14.0 Å². The van der Waals surface area contributed by atoms with Gasteiger partial charge in [0.15, 0.2) is 0 Å². The maximum absolute atomic E-state index is 12.7. The van der Waals surface area contributed by atoms with E-state index in [9.17, 15) is 14.4 Å². The Morgan fingerprint density at radius 1 is 1.41 bits per heavy atom. The number of methoxy groups -OCH3 is 1. The second kappa shape index (κ2) is 5.59. The number of carbonyl (C=O) groups is 3. The number of nitrogens with zero attached hydrogens (tertiary/aromatic N) is 1. The molecule has 3 rings (SSSR count). The highest BCUT2D eigenvalue weighted by Crippen LogP contribution is 2.38. The quantitative estimate of drug-likeness (QED) is 0.819. The van der Waals surface area contributed by atoms with Gasteiger partial charge in [0.05, 0.1) is 18.9 Å². The zero-order chi connectivity index (χ0) is 15.9. The van der Waals surface area contributed by atoms with Crippen molar-refractivity contribution in [3.05, 3.63) is 23.5 Å². The molecule has 1 amide bonds. The van der Waals surface area contributed by atoms with Crippen LogP contribution in [0.1, 0.15) is 36.9 Å². The van der Waals surface area contributed by atoms with Crippen molar-refractivity contribution in [2.75, 3.05) is 7.11 Å². The van der Waals surface area contributed by atoms with E-state index in [1.54, 1.807) is 0 Å². The molecule has 1 aromatic rings. The Kier molecular flexibility index (Phi) is 3.76. The number of Topliss-reactive ketones (excluding diaryl/α,β-unsaturated/α-hetero) is 1. The number of amides is 1. The predicted molar refractivity (Wildman–Crippen MR) is 78.2 cm³/mol. The predicted octanol–water partition coefficient (Wildman–Crippen LogP) is 0.785. The summed E-state index contributed by atoms with van der Waals surface area (Å²) in [6, 6.07) is 1.82. The summed E-state index contributed by atoms with van der Waals surface area (Å²) in [6.07, 6.45) is 3.67. The van der Waals surface area contributed by atoms with Crippen molar-refractivity contribution in [2.45, 2.75) is 44.7 Å². The molecule has 3 atom stereocenters. The summed E-state index contributed by atoms with van der Waals surface area (Å²) in [5, 5.41) is 2.90. The molecular weight excluding hydrogens is 284 g/mol. The molecule has 0 bridgehead atoms. The number of rotatable bonds is 2. The van der Waals surface area contributed by atoms with E-state index in [0.29, 0.717) is 6.54 Å². The summed E-state index contributed by atoms with van der Waals surface area (Å²) < 4.78 is 6.80. The smallest absolute Gasteiger partial charge is 0.310 e. The molecule has 22 heavy (non-hydrogen) atoms. The van der Waals surface area contributed by atoms with Gasteiger partial charge >= 0.3 is 5.97 Å². The van der Waals surface area contributed by atoms with Crippen LogP contribution >= 0.6 is 0 Å². The number of hydrogen-bond donors (Lipinski definition) is 1. The highest BCUT2D eigenvalue weighted by atomic mass is 16.5. The topological polar surface area (TPSA) is 77.4 Å². The molecule has 118 valence electrons. The zero-order valence-corrected chi connectivity index (χ0v) is 12.8. The number of esters is 1. The zero-order valence-electron chi connectivity index (χ0n) is 12.8. The lowest BCUT2D eigenvalue weighted by molar-refractivity contribution is -0.147. The van der Waals surface area contributed by atoms with E-state index in [-0.39, 0.29) is 36.0 Å². The van der Waals surface area contributed by atoms with E-state index in [2.05, 4.69) is 5.32 Å². The molecule has 1 aliphatic carbocycles. The Hall–Kier alpha value is -2.11. The molecule has 1 aliphatic heterocycles. The van der Waals surface area contributed by atoms with Crippen LogP contribution in [0.5, 0.6) is 0 Å². The van der Waals surface area contributed by atoms with Gasteiger partial charge in [0.25, 0.3) is 0 Å². The summed E-state index contributed by atoms with van der Waals surface area (Å²) in [5.74, 6) is -1.30. The Morgan fingerprint density at radius 2 is 2.18 bits per heavy atom. The summed E-state index contributed by atoms with van der Waals surface area (Å²) in [6.45, 7) is 1.92. The molecule has 6 heteroatoms. The fraction of sp³-hybridized carbons (Fsp3) is 0.562. The average molecular weight is 304 g/mol. The molecule has 2 aliphatic rings. The van der Waals surface area contributed by atoms with Gasteiger partial charge in [-0.25, -0.2) is 0 Å². The molecule has 1 N–H and O–H groups in total. The maximum Gasteiger partial charge on any atom is 0.310 e. The van der Waals surface area contributed by atoms with Gasteiger partial charge in [-0.1, -0.05) is 0 Å². The Morgan fingerprint density at radius 3 is 2.86 bits per heavy atom. The van der Waals surface area contributed by atoms with Crippen LogP contribution < -0.4 is 5.32 Å². The number of aryl methyl sites for hydroxylation is 1. The molecule has 0 saturated carbocycles. The number of carbonyl (C=O) groups excluding carboxylic acids is 3. The van der Waals surface area contributed by atoms with Gasteiger partial charge in [-0.15, -0.1) is 0 Å². The lowest BCUT2D eigenvalue weighted by Gasteiger charge is -2.31. The largest absolute Gasteiger partial charge is 0.469 e. The number of nitrogens with one attached hydrogen (secondary N) is 1. The van der Waals surface area contributed by atoms with Gasteiger partial charge in [0.1, 0.15) is 5.78 Å². The molecule has 0 fully saturated rings. The molecular formula is C16H20N2O4. The van der Waals surface area contributed by atoms with Crippen molar-refractivity contribution in [1.82, 2.24) is 9.88 Å². The third-order valence-electron chi connectivity index (χ3n) is 4.65. The van der Waals surface area contributed by atoms with E-state index in [0.717, 1.165) is 24.1 Å². The average Bonchev–Trinajstić information content (AvgIpc) is 2.80. The second-order valence-electron chi connectivity index (χ2n) is 6.09. The van der Waals surface area contributed by atoms with Crippen LogP contribution in [-0.2, 0) is 32.1 Å². The standard InChI is InChI=1S/C16H20N2O4/c1-9(19)17-12-4-3-10-5-6-18-8-11(16(21)22-2)7-13(20)14(12)15(10)18/h5-6,11-12,14H,3-4,7-8H2,1-2H3,(H,17,19). The summed E-state index contributed by atoms with van der Waals surface area (Å²) in [5.41, 5.74) is 2.10. The van der Waals surface area contributed by atoms with Crippen LogP contribution in [0, 0.1) is 5.92 Å². The van der Waals surface area contributed by atoms with Gasteiger partial charge in [-0.05, 0) is 24.5 Å². The van der Waals surface area contributed by atoms with Gasteiger partial charge in [-0.3, -0.25) is 14.4 Å². The van der Waals surface area contributed by atoms with E-state index in [1.807, 2.05) is 16.8 Å². The van der Waals surface area contributed by atoms with Crippen molar-refractivity contribution < 1.29 is 19.1 Å². The number of ether oxygens (including phenoxy) is 1.